The SMILES string of the molecule is CC(C)[C@H](CO)Nc1nc(NCc2ccccn2)cc(-c2ccccc2)n1. The minimum atomic E-state index is -0.111. The Balaban J connectivity index is 1.88. The number of nitrogens with one attached hydrogen (secondary N) is 2. The van der Waals surface area contributed by atoms with E-state index in [1.807, 2.05) is 54.6 Å². The zero-order valence-electron chi connectivity index (χ0n) is 15.6. The fourth-order valence-corrected chi connectivity index (χ4v) is 2.63. The molecular formula is C21H25N5O. The zero-order valence-corrected chi connectivity index (χ0v) is 15.6. The highest BCUT2D eigenvalue weighted by molar-refractivity contribution is 5.64. The van der Waals surface area contributed by atoms with Crippen LogP contribution in [0.5, 0.6) is 0 Å². The van der Waals surface area contributed by atoms with E-state index in [0.29, 0.717) is 18.3 Å². The maximum Gasteiger partial charge on any atom is 0.225 e. The summed E-state index contributed by atoms with van der Waals surface area (Å²) in [7, 11) is 0. The Kier molecular flexibility index (Phi) is 6.33. The van der Waals surface area contributed by atoms with Crippen molar-refractivity contribution in [2.75, 3.05) is 17.2 Å². The molecule has 0 unspecified atom stereocenters. The van der Waals surface area contributed by atoms with Gasteiger partial charge in [0.1, 0.15) is 5.82 Å². The molecule has 0 bridgehead atoms. The van der Waals surface area contributed by atoms with Crippen molar-refractivity contribution in [2.24, 2.45) is 5.92 Å². The number of hydrogen-bond donors (Lipinski definition) is 3. The van der Waals surface area contributed by atoms with Crippen molar-refractivity contribution in [3.63, 3.8) is 0 Å². The van der Waals surface area contributed by atoms with E-state index >= 15 is 0 Å². The first kappa shape index (κ1) is 18.8. The molecule has 1 atom stereocenters. The minimum Gasteiger partial charge on any atom is -0.394 e. The molecule has 0 saturated carbocycles. The standard InChI is InChI=1S/C21H25N5O/c1-15(2)19(14-27)25-21-24-18(16-8-4-3-5-9-16)12-20(26-21)23-13-17-10-6-7-11-22-17/h3-12,15,19,27H,13-14H2,1-2H3,(H2,23,24,25,26)/t19-/m0/s1. The fraction of sp³-hybridized carbons (Fsp3) is 0.286. The second kappa shape index (κ2) is 9.09. The van der Waals surface area contributed by atoms with Crippen LogP contribution in [0.2, 0.25) is 0 Å². The predicted octanol–water partition coefficient (Wildman–Crippen LogP) is 3.58. The Morgan fingerprint density at radius 2 is 1.78 bits per heavy atom. The van der Waals surface area contributed by atoms with E-state index in [4.69, 9.17) is 0 Å². The summed E-state index contributed by atoms with van der Waals surface area (Å²) in [6.45, 7) is 4.69. The molecule has 0 radical (unpaired) electrons. The van der Waals surface area contributed by atoms with Crippen molar-refractivity contribution in [3.8, 4) is 11.3 Å². The number of aromatic nitrogens is 3. The van der Waals surface area contributed by atoms with E-state index < -0.39 is 0 Å². The van der Waals surface area contributed by atoms with E-state index in [1.54, 1.807) is 6.20 Å². The largest absolute Gasteiger partial charge is 0.394 e. The Labute approximate surface area is 159 Å². The van der Waals surface area contributed by atoms with Crippen LogP contribution >= 0.6 is 0 Å². The van der Waals surface area contributed by atoms with E-state index in [2.05, 4.69) is 39.4 Å². The van der Waals surface area contributed by atoms with Crippen LogP contribution in [0.25, 0.3) is 11.3 Å². The van der Waals surface area contributed by atoms with Gasteiger partial charge in [0.25, 0.3) is 0 Å². The van der Waals surface area contributed by atoms with Gasteiger partial charge in [-0.2, -0.15) is 4.98 Å². The normalized spacial score (nSPS) is 12.0. The highest BCUT2D eigenvalue weighted by Crippen LogP contribution is 2.22. The number of hydrogen-bond acceptors (Lipinski definition) is 6. The number of aliphatic hydroxyl groups excluding tert-OH is 1. The third-order valence-corrected chi connectivity index (χ3v) is 4.29. The average Bonchev–Trinajstić information content (AvgIpc) is 2.71. The third kappa shape index (κ3) is 5.24. The molecule has 0 aliphatic rings. The zero-order chi connectivity index (χ0) is 19.1. The van der Waals surface area contributed by atoms with Crippen molar-refractivity contribution in [3.05, 3.63) is 66.5 Å². The van der Waals surface area contributed by atoms with E-state index in [0.717, 1.165) is 17.0 Å². The van der Waals surface area contributed by atoms with Crippen molar-refractivity contribution in [1.29, 1.82) is 0 Å². The van der Waals surface area contributed by atoms with Gasteiger partial charge in [0.05, 0.1) is 30.6 Å². The summed E-state index contributed by atoms with van der Waals surface area (Å²) in [6, 6.07) is 17.6. The first-order chi connectivity index (χ1) is 13.2. The van der Waals surface area contributed by atoms with Gasteiger partial charge in [-0.1, -0.05) is 50.2 Å². The van der Waals surface area contributed by atoms with E-state index in [-0.39, 0.29) is 18.6 Å². The summed E-state index contributed by atoms with van der Waals surface area (Å²) in [5.41, 5.74) is 2.76. The van der Waals surface area contributed by atoms with Crippen molar-refractivity contribution < 1.29 is 5.11 Å². The van der Waals surface area contributed by atoms with Crippen LogP contribution in [-0.2, 0) is 6.54 Å². The van der Waals surface area contributed by atoms with Gasteiger partial charge in [-0.3, -0.25) is 4.98 Å². The molecule has 0 aliphatic heterocycles. The lowest BCUT2D eigenvalue weighted by Gasteiger charge is -2.20. The molecule has 3 N–H and O–H groups in total. The molecule has 3 rings (SSSR count). The molecule has 140 valence electrons. The molecule has 2 heterocycles. The maximum atomic E-state index is 9.62. The van der Waals surface area contributed by atoms with Crippen molar-refractivity contribution in [2.45, 2.75) is 26.4 Å². The van der Waals surface area contributed by atoms with E-state index in [9.17, 15) is 5.11 Å². The molecule has 3 aromatic rings. The van der Waals surface area contributed by atoms with Crippen LogP contribution in [0.3, 0.4) is 0 Å². The minimum absolute atomic E-state index is 0.0211. The maximum absolute atomic E-state index is 9.62. The van der Waals surface area contributed by atoms with Gasteiger partial charge in [-0.15, -0.1) is 0 Å². The van der Waals surface area contributed by atoms with Gasteiger partial charge in [-0.05, 0) is 18.1 Å². The summed E-state index contributed by atoms with van der Waals surface area (Å²) < 4.78 is 0. The van der Waals surface area contributed by atoms with Gasteiger partial charge in [0.15, 0.2) is 0 Å². The average molecular weight is 363 g/mol. The fourth-order valence-electron chi connectivity index (χ4n) is 2.63. The van der Waals surface area contributed by atoms with Crippen LogP contribution in [0.15, 0.2) is 60.8 Å². The molecule has 0 spiro atoms. The molecule has 1 aromatic carbocycles. The smallest absolute Gasteiger partial charge is 0.225 e. The molecule has 2 aromatic heterocycles. The number of benzene rings is 1. The summed E-state index contributed by atoms with van der Waals surface area (Å²) in [5.74, 6) is 1.45. The topological polar surface area (TPSA) is 83.0 Å². The lowest BCUT2D eigenvalue weighted by atomic mass is 10.1. The van der Waals surface area contributed by atoms with Gasteiger partial charge in [0, 0.05) is 17.8 Å². The van der Waals surface area contributed by atoms with Gasteiger partial charge < -0.3 is 15.7 Å². The molecule has 0 aliphatic carbocycles. The number of aliphatic hydroxyl groups is 1. The number of pyridine rings is 1. The van der Waals surface area contributed by atoms with Crippen LogP contribution in [0.4, 0.5) is 11.8 Å². The van der Waals surface area contributed by atoms with Crippen molar-refractivity contribution >= 4 is 11.8 Å². The molecule has 0 fully saturated rings. The molecule has 27 heavy (non-hydrogen) atoms. The Hall–Kier alpha value is -2.99. The number of nitrogens with zero attached hydrogens (tertiary/aromatic N) is 3. The van der Waals surface area contributed by atoms with Crippen LogP contribution in [0.1, 0.15) is 19.5 Å². The summed E-state index contributed by atoms with van der Waals surface area (Å²) in [4.78, 5) is 13.5. The summed E-state index contributed by atoms with van der Waals surface area (Å²) in [6.07, 6.45) is 1.77. The Morgan fingerprint density at radius 1 is 1.00 bits per heavy atom. The molecular weight excluding hydrogens is 338 g/mol. The van der Waals surface area contributed by atoms with Gasteiger partial charge in [0.2, 0.25) is 5.95 Å². The van der Waals surface area contributed by atoms with Gasteiger partial charge in [-0.25, -0.2) is 4.98 Å². The Bertz CT molecular complexity index is 840. The monoisotopic (exact) mass is 363 g/mol. The molecule has 6 heteroatoms. The summed E-state index contributed by atoms with van der Waals surface area (Å²) in [5, 5.41) is 16.2. The lowest BCUT2D eigenvalue weighted by Crippen LogP contribution is -2.30. The van der Waals surface area contributed by atoms with Crippen LogP contribution in [-0.4, -0.2) is 32.7 Å². The first-order valence-corrected chi connectivity index (χ1v) is 9.11. The third-order valence-electron chi connectivity index (χ3n) is 4.29. The van der Waals surface area contributed by atoms with Crippen LogP contribution < -0.4 is 10.6 Å². The predicted molar refractivity (Wildman–Crippen MR) is 108 cm³/mol. The quantitative estimate of drug-likeness (QED) is 0.567. The number of rotatable bonds is 8. The lowest BCUT2D eigenvalue weighted by molar-refractivity contribution is 0.248. The number of anilines is 2. The first-order valence-electron chi connectivity index (χ1n) is 9.11. The molecule has 6 nitrogen and oxygen atoms in total. The highest BCUT2D eigenvalue weighted by Gasteiger charge is 2.15. The van der Waals surface area contributed by atoms with Gasteiger partial charge >= 0.3 is 0 Å². The highest BCUT2D eigenvalue weighted by atomic mass is 16.3. The Morgan fingerprint density at radius 3 is 2.44 bits per heavy atom. The van der Waals surface area contributed by atoms with Crippen molar-refractivity contribution in [1.82, 2.24) is 15.0 Å². The van der Waals surface area contributed by atoms with Crippen LogP contribution in [0, 0.1) is 5.92 Å². The second-order valence-corrected chi connectivity index (χ2v) is 6.68. The molecule has 0 amide bonds. The second-order valence-electron chi connectivity index (χ2n) is 6.68. The summed E-state index contributed by atoms with van der Waals surface area (Å²) >= 11 is 0. The van der Waals surface area contributed by atoms with E-state index in [1.165, 1.54) is 0 Å². The molecule has 0 saturated heterocycles.